The maximum absolute atomic E-state index is 13.0. The fraction of sp³-hybridized carbons (Fsp3) is 0.385. The van der Waals surface area contributed by atoms with Crippen LogP contribution in [0.1, 0.15) is 49.1 Å². The van der Waals surface area contributed by atoms with Crippen molar-refractivity contribution in [2.24, 2.45) is 0 Å². The third kappa shape index (κ3) is 5.02. The summed E-state index contributed by atoms with van der Waals surface area (Å²) in [5, 5.41) is 13.5. The molecule has 1 aliphatic carbocycles. The number of aromatic nitrogens is 5. The van der Waals surface area contributed by atoms with Gasteiger partial charge in [0.05, 0.1) is 25.7 Å². The molecule has 0 radical (unpaired) electrons. The average Bonchev–Trinajstić information content (AvgIpc) is 3.31. The van der Waals surface area contributed by atoms with E-state index in [0.29, 0.717) is 25.7 Å². The molecular formula is C26H30N6O2. The summed E-state index contributed by atoms with van der Waals surface area (Å²) in [6.07, 6.45) is 5.95. The van der Waals surface area contributed by atoms with E-state index >= 15 is 0 Å². The van der Waals surface area contributed by atoms with Gasteiger partial charge in [-0.3, -0.25) is 9.69 Å². The summed E-state index contributed by atoms with van der Waals surface area (Å²) in [4.78, 5) is 18.4. The van der Waals surface area contributed by atoms with Crippen LogP contribution in [-0.2, 0) is 19.6 Å². The van der Waals surface area contributed by atoms with E-state index in [9.17, 15) is 4.79 Å². The lowest BCUT2D eigenvalue weighted by Crippen LogP contribution is -2.38. The van der Waals surface area contributed by atoms with Gasteiger partial charge in [-0.15, -0.1) is 5.10 Å². The number of hydrogen-bond donors (Lipinski definition) is 1. The Balaban J connectivity index is 1.42. The smallest absolute Gasteiger partial charge is 0.252 e. The first-order chi connectivity index (χ1) is 16.7. The number of ether oxygens (including phenoxy) is 1. The van der Waals surface area contributed by atoms with Crippen molar-refractivity contribution >= 4 is 10.9 Å². The topological polar surface area (TPSA) is 88.9 Å². The zero-order chi connectivity index (χ0) is 23.3. The van der Waals surface area contributed by atoms with Gasteiger partial charge in [-0.1, -0.05) is 49.6 Å². The van der Waals surface area contributed by atoms with E-state index in [0.717, 1.165) is 46.4 Å². The Labute approximate surface area is 198 Å². The second-order valence-electron chi connectivity index (χ2n) is 9.01. The molecule has 0 saturated heterocycles. The van der Waals surface area contributed by atoms with Crippen LogP contribution in [0, 0.1) is 0 Å². The Morgan fingerprint density at radius 3 is 2.68 bits per heavy atom. The molecular weight excluding hydrogens is 428 g/mol. The Morgan fingerprint density at radius 1 is 1.06 bits per heavy atom. The molecule has 2 aromatic heterocycles. The monoisotopic (exact) mass is 458 g/mol. The lowest BCUT2D eigenvalue weighted by atomic mass is 9.93. The first kappa shape index (κ1) is 22.3. The molecule has 2 heterocycles. The van der Waals surface area contributed by atoms with Crippen molar-refractivity contribution in [2.45, 2.75) is 57.8 Å². The van der Waals surface area contributed by atoms with Crippen molar-refractivity contribution in [1.82, 2.24) is 30.1 Å². The zero-order valence-corrected chi connectivity index (χ0v) is 19.5. The molecule has 1 aliphatic rings. The highest BCUT2D eigenvalue weighted by molar-refractivity contribution is 5.80. The van der Waals surface area contributed by atoms with Gasteiger partial charge in [-0.2, -0.15) is 0 Å². The summed E-state index contributed by atoms with van der Waals surface area (Å²) in [6.45, 7) is 1.78. The predicted molar refractivity (Wildman–Crippen MR) is 131 cm³/mol. The van der Waals surface area contributed by atoms with Gasteiger partial charge in [-0.25, -0.2) is 4.68 Å². The lowest BCUT2D eigenvalue weighted by molar-refractivity contribution is 0.134. The Kier molecular flexibility index (Phi) is 6.67. The molecule has 0 atom stereocenters. The Hall–Kier alpha value is -3.52. The van der Waals surface area contributed by atoms with Crippen LogP contribution in [0.3, 0.4) is 0 Å². The van der Waals surface area contributed by atoms with Crippen molar-refractivity contribution in [2.75, 3.05) is 7.11 Å². The molecule has 1 N–H and O–H groups in total. The largest absolute Gasteiger partial charge is 0.497 e. The fourth-order valence-corrected chi connectivity index (χ4v) is 4.85. The van der Waals surface area contributed by atoms with Gasteiger partial charge in [-0.05, 0) is 52.4 Å². The minimum Gasteiger partial charge on any atom is -0.497 e. The van der Waals surface area contributed by atoms with Crippen molar-refractivity contribution in [3.8, 4) is 5.75 Å². The molecule has 1 fully saturated rings. The normalized spacial score (nSPS) is 14.6. The number of nitrogens with zero attached hydrogens (tertiary/aromatic N) is 5. The van der Waals surface area contributed by atoms with E-state index in [-0.39, 0.29) is 5.56 Å². The molecule has 34 heavy (non-hydrogen) atoms. The van der Waals surface area contributed by atoms with Crippen LogP contribution in [0.5, 0.6) is 5.75 Å². The Bertz CT molecular complexity index is 1290. The maximum atomic E-state index is 13.0. The molecule has 8 nitrogen and oxygen atoms in total. The molecule has 0 unspecified atom stereocenters. The number of tetrazole rings is 1. The second-order valence-corrected chi connectivity index (χ2v) is 9.01. The first-order valence-electron chi connectivity index (χ1n) is 11.9. The number of hydrogen-bond acceptors (Lipinski definition) is 6. The van der Waals surface area contributed by atoms with Gasteiger partial charge in [0.1, 0.15) is 5.75 Å². The molecule has 0 amide bonds. The standard InChI is InChI=1S/C26H30N6O2/c1-34-23-13-12-20-14-21(26(33)27-24(20)15-23)17-31(22-10-6-3-7-11-22)18-25-28-29-30-32(25)16-19-8-4-2-5-9-19/h2,4-5,8-9,12-15,22H,3,6-7,10-11,16-18H2,1H3,(H,27,33). The van der Waals surface area contributed by atoms with Gasteiger partial charge >= 0.3 is 0 Å². The summed E-state index contributed by atoms with van der Waals surface area (Å²) in [5.41, 5.74) is 2.63. The number of pyridine rings is 1. The van der Waals surface area contributed by atoms with Gasteiger partial charge in [0.2, 0.25) is 0 Å². The van der Waals surface area contributed by atoms with Gasteiger partial charge < -0.3 is 9.72 Å². The summed E-state index contributed by atoms with van der Waals surface area (Å²) in [7, 11) is 1.63. The number of methoxy groups -OCH3 is 1. The average molecular weight is 459 g/mol. The Morgan fingerprint density at radius 2 is 1.88 bits per heavy atom. The number of rotatable bonds is 8. The molecule has 5 rings (SSSR count). The van der Waals surface area contributed by atoms with Gasteiger partial charge in [0.25, 0.3) is 5.56 Å². The number of benzene rings is 2. The minimum absolute atomic E-state index is 0.0644. The molecule has 0 bridgehead atoms. The SMILES string of the molecule is COc1ccc2cc(CN(Cc3nnnn3Cc3ccccc3)C3CCCCC3)c(=O)[nH]c2c1. The van der Waals surface area contributed by atoms with E-state index in [2.05, 4.69) is 37.5 Å². The van der Waals surface area contributed by atoms with Gasteiger partial charge in [0, 0.05) is 24.2 Å². The molecule has 0 spiro atoms. The molecule has 0 aliphatic heterocycles. The van der Waals surface area contributed by atoms with E-state index < -0.39 is 0 Å². The van der Waals surface area contributed by atoms with Crippen molar-refractivity contribution in [1.29, 1.82) is 0 Å². The summed E-state index contributed by atoms with van der Waals surface area (Å²) >= 11 is 0. The van der Waals surface area contributed by atoms with Crippen molar-refractivity contribution in [3.63, 3.8) is 0 Å². The van der Waals surface area contributed by atoms with E-state index in [1.165, 1.54) is 19.3 Å². The molecule has 1 saturated carbocycles. The maximum Gasteiger partial charge on any atom is 0.252 e. The third-order valence-corrected chi connectivity index (χ3v) is 6.72. The van der Waals surface area contributed by atoms with E-state index in [1.807, 2.05) is 47.1 Å². The number of aromatic amines is 1. The van der Waals surface area contributed by atoms with Crippen LogP contribution in [0.2, 0.25) is 0 Å². The van der Waals surface area contributed by atoms with Crippen LogP contribution < -0.4 is 10.3 Å². The van der Waals surface area contributed by atoms with Crippen LogP contribution in [-0.4, -0.2) is 43.2 Å². The third-order valence-electron chi connectivity index (χ3n) is 6.72. The summed E-state index contributed by atoms with van der Waals surface area (Å²) in [5.74, 6) is 1.54. The lowest BCUT2D eigenvalue weighted by Gasteiger charge is -2.33. The quantitative estimate of drug-likeness (QED) is 0.431. The molecule has 176 valence electrons. The minimum atomic E-state index is -0.0644. The highest BCUT2D eigenvalue weighted by atomic mass is 16.5. The van der Waals surface area contributed by atoms with Crippen LogP contribution >= 0.6 is 0 Å². The first-order valence-corrected chi connectivity index (χ1v) is 11.9. The summed E-state index contributed by atoms with van der Waals surface area (Å²) in [6, 6.07) is 18.4. The van der Waals surface area contributed by atoms with Crippen LogP contribution in [0.25, 0.3) is 10.9 Å². The van der Waals surface area contributed by atoms with Crippen molar-refractivity contribution in [3.05, 3.63) is 81.9 Å². The number of fused-ring (bicyclic) bond motifs is 1. The highest BCUT2D eigenvalue weighted by Crippen LogP contribution is 2.26. The van der Waals surface area contributed by atoms with E-state index in [1.54, 1.807) is 7.11 Å². The molecule has 8 heteroatoms. The fourth-order valence-electron chi connectivity index (χ4n) is 4.85. The second kappa shape index (κ2) is 10.2. The van der Waals surface area contributed by atoms with E-state index in [4.69, 9.17) is 4.74 Å². The zero-order valence-electron chi connectivity index (χ0n) is 19.5. The number of nitrogens with one attached hydrogen (secondary N) is 1. The summed E-state index contributed by atoms with van der Waals surface area (Å²) < 4.78 is 7.16. The molecule has 4 aromatic rings. The van der Waals surface area contributed by atoms with Crippen LogP contribution in [0.15, 0.2) is 59.4 Å². The van der Waals surface area contributed by atoms with Gasteiger partial charge in [0.15, 0.2) is 5.82 Å². The number of H-pyrrole nitrogens is 1. The molecule has 2 aromatic carbocycles. The predicted octanol–water partition coefficient (Wildman–Crippen LogP) is 3.91. The van der Waals surface area contributed by atoms with Crippen LogP contribution in [0.4, 0.5) is 0 Å². The highest BCUT2D eigenvalue weighted by Gasteiger charge is 2.24. The van der Waals surface area contributed by atoms with Crippen molar-refractivity contribution < 1.29 is 4.74 Å².